The monoisotopic (exact) mass is 315 g/mol. The summed E-state index contributed by atoms with van der Waals surface area (Å²) >= 11 is 0. The molecule has 0 aromatic heterocycles. The second-order valence-electron chi connectivity index (χ2n) is 7.58. The Kier molecular flexibility index (Phi) is 4.10. The minimum Gasteiger partial charge on any atom is -0.497 e. The maximum atomic E-state index is 5.54. The highest BCUT2D eigenvalue weighted by Crippen LogP contribution is 2.56. The molecule has 1 saturated carbocycles. The lowest BCUT2D eigenvalue weighted by molar-refractivity contribution is -0.0206. The molecule has 0 unspecified atom stereocenters. The summed E-state index contributed by atoms with van der Waals surface area (Å²) < 4.78 is 10.9. The molecule has 0 N–H and O–H groups in total. The maximum absolute atomic E-state index is 5.54. The second kappa shape index (κ2) is 6.10. The summed E-state index contributed by atoms with van der Waals surface area (Å²) in [4.78, 5) is 2.71. The normalized spacial score (nSPS) is 33.0. The van der Waals surface area contributed by atoms with Crippen LogP contribution in [0, 0.1) is 5.92 Å². The summed E-state index contributed by atoms with van der Waals surface area (Å²) in [5.41, 5.74) is 3.59. The number of methoxy groups -OCH3 is 2. The van der Waals surface area contributed by atoms with E-state index in [9.17, 15) is 0 Å². The molecule has 3 atom stereocenters. The molecule has 1 aliphatic heterocycles. The number of fused-ring (bicyclic) bond motifs is 1. The standard InChI is InChI=1S/C20H29NO2/c1-22-12-11-21-10-9-20-8-4-3-5-17(20)19(21)13-15-6-7-16(23-2)14-18(15)20/h6-7,14,17,19H,3-5,8-13H2,1-2H3/t17-,19+,20+/m0/s1. The molecular weight excluding hydrogens is 286 g/mol. The van der Waals surface area contributed by atoms with Crippen LogP contribution in [-0.2, 0) is 16.6 Å². The molecule has 0 radical (unpaired) electrons. The minimum atomic E-state index is 0.411. The number of rotatable bonds is 4. The van der Waals surface area contributed by atoms with E-state index in [1.807, 2.05) is 7.11 Å². The van der Waals surface area contributed by atoms with Gasteiger partial charge in [0.1, 0.15) is 5.75 Å². The van der Waals surface area contributed by atoms with E-state index in [1.54, 1.807) is 18.2 Å². The van der Waals surface area contributed by atoms with Crippen molar-refractivity contribution in [2.24, 2.45) is 5.92 Å². The molecule has 126 valence electrons. The zero-order valence-corrected chi connectivity index (χ0v) is 14.5. The number of benzene rings is 1. The van der Waals surface area contributed by atoms with Gasteiger partial charge >= 0.3 is 0 Å². The van der Waals surface area contributed by atoms with E-state index in [0.717, 1.165) is 24.8 Å². The van der Waals surface area contributed by atoms with Crippen molar-refractivity contribution in [3.63, 3.8) is 0 Å². The molecular formula is C20H29NO2. The lowest BCUT2D eigenvalue weighted by Crippen LogP contribution is -2.61. The van der Waals surface area contributed by atoms with Gasteiger partial charge in [-0.1, -0.05) is 18.9 Å². The summed E-state index contributed by atoms with van der Waals surface area (Å²) in [6.07, 6.45) is 8.06. The molecule has 0 spiro atoms. The largest absolute Gasteiger partial charge is 0.497 e. The third-order valence-corrected chi connectivity index (χ3v) is 6.74. The van der Waals surface area contributed by atoms with Gasteiger partial charge in [0, 0.05) is 25.1 Å². The molecule has 1 heterocycles. The van der Waals surface area contributed by atoms with E-state index >= 15 is 0 Å². The Hall–Kier alpha value is -1.06. The van der Waals surface area contributed by atoms with Gasteiger partial charge in [0.15, 0.2) is 0 Å². The van der Waals surface area contributed by atoms with Gasteiger partial charge in [-0.2, -0.15) is 0 Å². The number of ether oxygens (including phenoxy) is 2. The first kappa shape index (κ1) is 15.5. The van der Waals surface area contributed by atoms with E-state index in [4.69, 9.17) is 9.47 Å². The average Bonchev–Trinajstić information content (AvgIpc) is 2.60. The van der Waals surface area contributed by atoms with Gasteiger partial charge in [0.05, 0.1) is 13.7 Å². The van der Waals surface area contributed by atoms with Gasteiger partial charge in [-0.25, -0.2) is 0 Å². The number of hydrogen-bond acceptors (Lipinski definition) is 3. The van der Waals surface area contributed by atoms with E-state index in [-0.39, 0.29) is 0 Å². The van der Waals surface area contributed by atoms with Crippen LogP contribution in [0.25, 0.3) is 0 Å². The lowest BCUT2D eigenvalue weighted by Gasteiger charge is -2.59. The van der Waals surface area contributed by atoms with Gasteiger partial charge in [-0.3, -0.25) is 4.90 Å². The minimum absolute atomic E-state index is 0.411. The van der Waals surface area contributed by atoms with Crippen molar-refractivity contribution in [3.05, 3.63) is 29.3 Å². The Bertz CT molecular complexity index is 573. The Labute approximate surface area is 140 Å². The molecule has 2 bridgehead atoms. The van der Waals surface area contributed by atoms with Crippen molar-refractivity contribution in [1.29, 1.82) is 0 Å². The highest BCUT2D eigenvalue weighted by molar-refractivity contribution is 5.45. The van der Waals surface area contributed by atoms with Gasteiger partial charge in [0.25, 0.3) is 0 Å². The van der Waals surface area contributed by atoms with Gasteiger partial charge in [-0.05, 0) is 61.4 Å². The van der Waals surface area contributed by atoms with Crippen molar-refractivity contribution in [2.75, 3.05) is 33.9 Å². The van der Waals surface area contributed by atoms with E-state index in [2.05, 4.69) is 23.1 Å². The summed E-state index contributed by atoms with van der Waals surface area (Å²) in [6.45, 7) is 3.16. The Morgan fingerprint density at radius 2 is 2.13 bits per heavy atom. The quantitative estimate of drug-likeness (QED) is 0.850. The van der Waals surface area contributed by atoms with E-state index in [1.165, 1.54) is 45.1 Å². The zero-order valence-electron chi connectivity index (χ0n) is 14.5. The third-order valence-electron chi connectivity index (χ3n) is 6.74. The predicted octanol–water partition coefficient (Wildman–Crippen LogP) is 3.40. The van der Waals surface area contributed by atoms with Gasteiger partial charge in [-0.15, -0.1) is 0 Å². The van der Waals surface area contributed by atoms with Crippen molar-refractivity contribution >= 4 is 0 Å². The maximum Gasteiger partial charge on any atom is 0.119 e. The van der Waals surface area contributed by atoms with Crippen molar-refractivity contribution < 1.29 is 9.47 Å². The highest BCUT2D eigenvalue weighted by Gasteiger charge is 2.53. The summed E-state index contributed by atoms with van der Waals surface area (Å²) in [7, 11) is 3.61. The van der Waals surface area contributed by atoms with Gasteiger partial charge in [0.2, 0.25) is 0 Å². The van der Waals surface area contributed by atoms with Gasteiger partial charge < -0.3 is 9.47 Å². The van der Waals surface area contributed by atoms with Crippen LogP contribution in [0.5, 0.6) is 5.75 Å². The van der Waals surface area contributed by atoms with E-state index < -0.39 is 0 Å². The first-order valence-corrected chi connectivity index (χ1v) is 9.19. The first-order chi connectivity index (χ1) is 11.3. The lowest BCUT2D eigenvalue weighted by atomic mass is 9.52. The fourth-order valence-corrected chi connectivity index (χ4v) is 5.68. The van der Waals surface area contributed by atoms with Crippen LogP contribution in [0.1, 0.15) is 43.2 Å². The molecule has 1 aromatic rings. The molecule has 2 fully saturated rings. The molecule has 4 rings (SSSR count). The van der Waals surface area contributed by atoms with Crippen molar-refractivity contribution in [2.45, 2.75) is 50.0 Å². The van der Waals surface area contributed by atoms with Crippen LogP contribution in [0.15, 0.2) is 18.2 Å². The molecule has 2 aliphatic carbocycles. The smallest absolute Gasteiger partial charge is 0.119 e. The molecule has 0 amide bonds. The number of likely N-dealkylation sites (tertiary alicyclic amines) is 1. The second-order valence-corrected chi connectivity index (χ2v) is 7.58. The van der Waals surface area contributed by atoms with Crippen LogP contribution in [-0.4, -0.2) is 44.9 Å². The van der Waals surface area contributed by atoms with Crippen molar-refractivity contribution in [3.8, 4) is 5.75 Å². The highest BCUT2D eigenvalue weighted by atomic mass is 16.5. The fraction of sp³-hybridized carbons (Fsp3) is 0.700. The van der Waals surface area contributed by atoms with Crippen LogP contribution < -0.4 is 4.74 Å². The summed E-state index contributed by atoms with van der Waals surface area (Å²) in [6, 6.07) is 7.54. The predicted molar refractivity (Wildman–Crippen MR) is 92.2 cm³/mol. The van der Waals surface area contributed by atoms with Crippen LogP contribution in [0.4, 0.5) is 0 Å². The third kappa shape index (κ3) is 2.40. The van der Waals surface area contributed by atoms with Crippen LogP contribution in [0.2, 0.25) is 0 Å². The Morgan fingerprint density at radius 1 is 1.22 bits per heavy atom. The Balaban J connectivity index is 1.74. The first-order valence-electron chi connectivity index (χ1n) is 9.19. The average molecular weight is 315 g/mol. The molecule has 3 aliphatic rings. The van der Waals surface area contributed by atoms with E-state index in [0.29, 0.717) is 11.5 Å². The Morgan fingerprint density at radius 3 is 2.96 bits per heavy atom. The number of hydrogen-bond donors (Lipinski definition) is 0. The number of nitrogens with zero attached hydrogens (tertiary/aromatic N) is 1. The summed E-state index contributed by atoms with van der Waals surface area (Å²) in [5.74, 6) is 1.85. The molecule has 23 heavy (non-hydrogen) atoms. The summed E-state index contributed by atoms with van der Waals surface area (Å²) in [5, 5.41) is 0. The molecule has 3 heteroatoms. The molecule has 1 aromatic carbocycles. The fourth-order valence-electron chi connectivity index (χ4n) is 5.68. The zero-order chi connectivity index (χ0) is 15.9. The van der Waals surface area contributed by atoms with Crippen LogP contribution in [0.3, 0.4) is 0 Å². The molecule has 3 nitrogen and oxygen atoms in total. The van der Waals surface area contributed by atoms with Crippen LogP contribution >= 0.6 is 0 Å². The van der Waals surface area contributed by atoms with Crippen molar-refractivity contribution in [1.82, 2.24) is 4.90 Å². The number of piperidine rings is 1. The SMILES string of the molecule is COCCN1CC[C@]23CCCC[C@H]2[C@H]1Cc1ccc(OC)cc13. The topological polar surface area (TPSA) is 21.7 Å². The molecule has 1 saturated heterocycles.